The van der Waals surface area contributed by atoms with Gasteiger partial charge in [0.05, 0.1) is 6.34 Å². The van der Waals surface area contributed by atoms with Crippen LogP contribution in [0.2, 0.25) is 0 Å². The Morgan fingerprint density at radius 3 is 1.57 bits per heavy atom. The average molecular weight is 323 g/mol. The van der Waals surface area contributed by atoms with Gasteiger partial charge in [0, 0.05) is 19.8 Å². The maximum absolute atomic E-state index is 4.43. The maximum Gasteiger partial charge on any atom is 0.0886 e. The molecule has 0 heterocycles. The highest BCUT2D eigenvalue weighted by Crippen LogP contribution is 2.12. The lowest BCUT2D eigenvalue weighted by Gasteiger charge is -2.05. The van der Waals surface area contributed by atoms with Crippen LogP contribution in [0.4, 0.5) is 0 Å². The van der Waals surface area contributed by atoms with Gasteiger partial charge >= 0.3 is 0 Å². The van der Waals surface area contributed by atoms with E-state index in [1.54, 1.807) is 0 Å². The smallest absolute Gasteiger partial charge is 0.0886 e. The largest absolute Gasteiger partial charge is 0.343 e. The first-order chi connectivity index (χ1) is 11.3. The molecule has 0 saturated carbocycles. The van der Waals surface area contributed by atoms with Crippen molar-refractivity contribution in [2.45, 2.75) is 104 Å². The minimum atomic E-state index is 0.972. The molecule has 0 aromatic rings. The summed E-state index contributed by atoms with van der Waals surface area (Å²) >= 11 is 0. The van der Waals surface area contributed by atoms with Gasteiger partial charge in [0.1, 0.15) is 0 Å². The summed E-state index contributed by atoms with van der Waals surface area (Å²) in [5, 5.41) is 0. The zero-order valence-corrected chi connectivity index (χ0v) is 16.2. The van der Waals surface area contributed by atoms with E-state index < -0.39 is 0 Å². The molecule has 0 unspecified atom stereocenters. The Hall–Kier alpha value is -0.790. The first kappa shape index (κ1) is 22.2. The Morgan fingerprint density at radius 2 is 1.13 bits per heavy atom. The second kappa shape index (κ2) is 19.3. The zero-order valence-electron chi connectivity index (χ0n) is 16.2. The van der Waals surface area contributed by atoms with E-state index in [9.17, 15) is 0 Å². The molecule has 0 radical (unpaired) electrons. The van der Waals surface area contributed by atoms with Gasteiger partial charge in [-0.05, 0) is 13.3 Å². The summed E-state index contributed by atoms with van der Waals surface area (Å²) < 4.78 is 0. The number of rotatable bonds is 17. The molecule has 0 aromatic carbocycles. The van der Waals surface area contributed by atoms with Gasteiger partial charge in [0.2, 0.25) is 0 Å². The summed E-state index contributed by atoms with van der Waals surface area (Å²) in [7, 11) is 2.02. The number of aliphatic imine (C=N–C) groups is 1. The molecule has 2 heteroatoms. The standard InChI is InChI=1S/C21H42N2/c1-4-6-7-8-9-10-11-12-13-14-15-16-17-18-19-22-21-23(3)20-5-2/h5,20-21H,4,6-19H2,1-3H3/b20-5-,22-21+. The van der Waals surface area contributed by atoms with Crippen LogP contribution < -0.4 is 0 Å². The molecule has 136 valence electrons. The summed E-state index contributed by atoms with van der Waals surface area (Å²) in [5.41, 5.74) is 0. The van der Waals surface area contributed by atoms with Crippen LogP contribution in [0.1, 0.15) is 104 Å². The summed E-state index contributed by atoms with van der Waals surface area (Å²) in [4.78, 5) is 6.44. The third-order valence-electron chi connectivity index (χ3n) is 4.29. The molecule has 0 amide bonds. The highest BCUT2D eigenvalue weighted by molar-refractivity contribution is 5.55. The van der Waals surface area contributed by atoms with Crippen LogP contribution in [0.3, 0.4) is 0 Å². The van der Waals surface area contributed by atoms with Gasteiger partial charge in [-0.15, -0.1) is 0 Å². The van der Waals surface area contributed by atoms with E-state index in [0.29, 0.717) is 0 Å². The van der Waals surface area contributed by atoms with Crippen molar-refractivity contribution in [3.8, 4) is 0 Å². The lowest BCUT2D eigenvalue weighted by Crippen LogP contribution is -2.07. The highest BCUT2D eigenvalue weighted by Gasteiger charge is 1.93. The first-order valence-electron chi connectivity index (χ1n) is 10.2. The van der Waals surface area contributed by atoms with Crippen molar-refractivity contribution in [3.05, 3.63) is 12.3 Å². The van der Waals surface area contributed by atoms with E-state index in [4.69, 9.17) is 0 Å². The van der Waals surface area contributed by atoms with E-state index in [2.05, 4.69) is 11.9 Å². The Morgan fingerprint density at radius 1 is 0.696 bits per heavy atom. The van der Waals surface area contributed by atoms with Crippen LogP contribution in [0.15, 0.2) is 17.3 Å². The van der Waals surface area contributed by atoms with E-state index in [0.717, 1.165) is 6.54 Å². The first-order valence-corrected chi connectivity index (χ1v) is 10.2. The van der Waals surface area contributed by atoms with E-state index in [-0.39, 0.29) is 0 Å². The van der Waals surface area contributed by atoms with Crippen molar-refractivity contribution in [1.29, 1.82) is 0 Å². The van der Waals surface area contributed by atoms with Crippen LogP contribution >= 0.6 is 0 Å². The molecule has 0 spiro atoms. The van der Waals surface area contributed by atoms with Crippen molar-refractivity contribution >= 4 is 6.34 Å². The molecule has 23 heavy (non-hydrogen) atoms. The minimum absolute atomic E-state index is 0.972. The van der Waals surface area contributed by atoms with Crippen molar-refractivity contribution in [2.24, 2.45) is 4.99 Å². The van der Waals surface area contributed by atoms with E-state index in [1.807, 2.05) is 37.5 Å². The van der Waals surface area contributed by atoms with Gasteiger partial charge in [-0.3, -0.25) is 4.99 Å². The fraction of sp³-hybridized carbons (Fsp3) is 0.857. The van der Waals surface area contributed by atoms with Crippen LogP contribution in [0.25, 0.3) is 0 Å². The molecule has 0 aromatic heterocycles. The van der Waals surface area contributed by atoms with Gasteiger partial charge in [0.25, 0.3) is 0 Å². The SMILES string of the molecule is C/C=C\N(C)/C=N/CCCCCCCCCCCCCCCC. The number of allylic oxidation sites excluding steroid dienone is 1. The van der Waals surface area contributed by atoms with Crippen LogP contribution in [-0.4, -0.2) is 24.8 Å². The molecule has 0 rings (SSSR count). The Balaban J connectivity index is 3.10. The monoisotopic (exact) mass is 322 g/mol. The molecule has 0 fully saturated rings. The van der Waals surface area contributed by atoms with Gasteiger partial charge < -0.3 is 4.90 Å². The molecule has 0 aliphatic rings. The van der Waals surface area contributed by atoms with Crippen molar-refractivity contribution in [2.75, 3.05) is 13.6 Å². The molecular weight excluding hydrogens is 280 g/mol. The van der Waals surface area contributed by atoms with Crippen LogP contribution in [0, 0.1) is 0 Å². The predicted octanol–water partition coefficient (Wildman–Crippen LogP) is 6.96. The molecular formula is C21H42N2. The number of hydrogen-bond donors (Lipinski definition) is 0. The lowest BCUT2D eigenvalue weighted by molar-refractivity contribution is 0.536. The lowest BCUT2D eigenvalue weighted by atomic mass is 10.0. The van der Waals surface area contributed by atoms with E-state index in [1.165, 1.54) is 89.9 Å². The fourth-order valence-electron chi connectivity index (χ4n) is 2.86. The number of hydrogen-bond acceptors (Lipinski definition) is 1. The molecule has 0 N–H and O–H groups in total. The van der Waals surface area contributed by atoms with E-state index >= 15 is 0 Å². The molecule has 0 aliphatic heterocycles. The van der Waals surface area contributed by atoms with Gasteiger partial charge in [-0.2, -0.15) is 0 Å². The van der Waals surface area contributed by atoms with Crippen LogP contribution in [0.5, 0.6) is 0 Å². The molecule has 0 bridgehead atoms. The second-order valence-electron chi connectivity index (χ2n) is 6.77. The summed E-state index contributed by atoms with van der Waals surface area (Å²) in [6.45, 7) is 5.29. The minimum Gasteiger partial charge on any atom is -0.343 e. The van der Waals surface area contributed by atoms with Gasteiger partial charge in [-0.1, -0.05) is 96.5 Å². The van der Waals surface area contributed by atoms with Crippen molar-refractivity contribution < 1.29 is 0 Å². The normalized spacial score (nSPS) is 11.8. The predicted molar refractivity (Wildman–Crippen MR) is 106 cm³/mol. The second-order valence-corrected chi connectivity index (χ2v) is 6.77. The van der Waals surface area contributed by atoms with Crippen molar-refractivity contribution in [3.63, 3.8) is 0 Å². The van der Waals surface area contributed by atoms with Crippen LogP contribution in [-0.2, 0) is 0 Å². The van der Waals surface area contributed by atoms with Gasteiger partial charge in [0.15, 0.2) is 0 Å². The number of unbranched alkanes of at least 4 members (excludes halogenated alkanes) is 13. The summed E-state index contributed by atoms with van der Waals surface area (Å²) in [5.74, 6) is 0. The average Bonchev–Trinajstić information content (AvgIpc) is 2.54. The molecule has 2 nitrogen and oxygen atoms in total. The van der Waals surface area contributed by atoms with Gasteiger partial charge in [-0.25, -0.2) is 0 Å². The maximum atomic E-state index is 4.43. The summed E-state index contributed by atoms with van der Waals surface area (Å²) in [6, 6.07) is 0. The zero-order chi connectivity index (χ0) is 17.0. The molecule has 0 saturated heterocycles. The Kier molecular flexibility index (Phi) is 18.6. The summed E-state index contributed by atoms with van der Waals surface area (Å²) in [6.07, 6.45) is 25.8. The fourth-order valence-corrected chi connectivity index (χ4v) is 2.86. The Labute approximate surface area is 146 Å². The third kappa shape index (κ3) is 19.2. The highest BCUT2D eigenvalue weighted by atomic mass is 15.1. The third-order valence-corrected chi connectivity index (χ3v) is 4.29. The quantitative estimate of drug-likeness (QED) is 0.160. The van der Waals surface area contributed by atoms with Crippen molar-refractivity contribution in [1.82, 2.24) is 4.90 Å². The molecule has 0 aliphatic carbocycles. The Bertz CT molecular complexity index is 271. The number of nitrogens with zero attached hydrogens (tertiary/aromatic N) is 2. The topological polar surface area (TPSA) is 15.6 Å². The molecule has 0 atom stereocenters.